The van der Waals surface area contributed by atoms with Crippen molar-refractivity contribution < 1.29 is 42.9 Å². The van der Waals surface area contributed by atoms with Gasteiger partial charge < -0.3 is 23.7 Å². The lowest BCUT2D eigenvalue weighted by Gasteiger charge is -2.43. The van der Waals surface area contributed by atoms with Crippen LogP contribution in [0.15, 0.2) is 49.6 Å². The SMILES string of the molecule is C=C(C)C(=O)COC(=O)C(=C)C.C=CC(=O)OCC1(CC)COC(C(C)(C)COC(=O)C=C)OC1. The average molecular weight is 495 g/mol. The fraction of sp³-hybridized carbons (Fsp3) is 0.538. The van der Waals surface area contributed by atoms with Crippen LogP contribution in [0.5, 0.6) is 0 Å². The molecule has 0 atom stereocenters. The largest absolute Gasteiger partial charge is 0.462 e. The molecule has 1 saturated heterocycles. The quantitative estimate of drug-likeness (QED) is 0.228. The molecule has 0 N–H and O–H groups in total. The Kier molecular flexibility index (Phi) is 13.7. The highest BCUT2D eigenvalue weighted by Gasteiger charge is 2.42. The Morgan fingerprint density at radius 2 is 1.46 bits per heavy atom. The van der Waals surface area contributed by atoms with Gasteiger partial charge >= 0.3 is 17.9 Å². The maximum Gasteiger partial charge on any atom is 0.333 e. The predicted octanol–water partition coefficient (Wildman–Crippen LogP) is 3.49. The van der Waals surface area contributed by atoms with Crippen molar-refractivity contribution >= 4 is 23.7 Å². The lowest BCUT2D eigenvalue weighted by Crippen LogP contribution is -2.50. The number of carbonyl (C=O) groups is 4. The first-order valence-corrected chi connectivity index (χ1v) is 11.1. The molecule has 0 saturated carbocycles. The van der Waals surface area contributed by atoms with E-state index in [0.717, 1.165) is 18.6 Å². The molecule has 1 heterocycles. The smallest absolute Gasteiger partial charge is 0.333 e. The molecule has 0 amide bonds. The van der Waals surface area contributed by atoms with E-state index in [1.165, 1.54) is 6.92 Å². The van der Waals surface area contributed by atoms with Gasteiger partial charge in [0.15, 0.2) is 18.7 Å². The van der Waals surface area contributed by atoms with Crippen molar-refractivity contribution in [1.29, 1.82) is 0 Å². The second-order valence-electron chi connectivity index (χ2n) is 8.98. The summed E-state index contributed by atoms with van der Waals surface area (Å²) >= 11 is 0. The van der Waals surface area contributed by atoms with Crippen LogP contribution in [0.4, 0.5) is 0 Å². The zero-order valence-electron chi connectivity index (χ0n) is 21.5. The first-order valence-electron chi connectivity index (χ1n) is 11.1. The molecular weight excluding hydrogens is 456 g/mol. The highest BCUT2D eigenvalue weighted by atomic mass is 16.7. The monoisotopic (exact) mass is 494 g/mol. The predicted molar refractivity (Wildman–Crippen MR) is 130 cm³/mol. The third kappa shape index (κ3) is 11.8. The van der Waals surface area contributed by atoms with Crippen molar-refractivity contribution in [3.8, 4) is 0 Å². The maximum absolute atomic E-state index is 11.2. The fourth-order valence-electron chi connectivity index (χ4n) is 2.48. The van der Waals surface area contributed by atoms with Crippen LogP contribution in [0.3, 0.4) is 0 Å². The summed E-state index contributed by atoms with van der Waals surface area (Å²) in [5.74, 6) is -1.76. The van der Waals surface area contributed by atoms with Crippen LogP contribution >= 0.6 is 0 Å². The minimum absolute atomic E-state index is 0.160. The van der Waals surface area contributed by atoms with E-state index in [1.807, 2.05) is 20.8 Å². The summed E-state index contributed by atoms with van der Waals surface area (Å²) in [7, 11) is 0. The molecule has 0 spiro atoms. The van der Waals surface area contributed by atoms with Crippen LogP contribution in [0.25, 0.3) is 0 Å². The lowest BCUT2D eigenvalue weighted by atomic mass is 9.85. The van der Waals surface area contributed by atoms with Crippen LogP contribution in [0, 0.1) is 10.8 Å². The van der Waals surface area contributed by atoms with Crippen molar-refractivity contribution in [1.82, 2.24) is 0 Å². The molecule has 0 bridgehead atoms. The van der Waals surface area contributed by atoms with Crippen molar-refractivity contribution in [3.63, 3.8) is 0 Å². The summed E-state index contributed by atoms with van der Waals surface area (Å²) in [5.41, 5.74) is -0.214. The van der Waals surface area contributed by atoms with E-state index in [-0.39, 0.29) is 36.6 Å². The van der Waals surface area contributed by atoms with Crippen molar-refractivity contribution in [2.45, 2.75) is 47.3 Å². The van der Waals surface area contributed by atoms with Gasteiger partial charge in [-0.1, -0.05) is 47.1 Å². The Morgan fingerprint density at radius 1 is 0.943 bits per heavy atom. The Morgan fingerprint density at radius 3 is 1.89 bits per heavy atom. The first kappa shape index (κ1) is 32.0. The van der Waals surface area contributed by atoms with Gasteiger partial charge in [0.1, 0.15) is 13.2 Å². The van der Waals surface area contributed by atoms with E-state index in [0.29, 0.717) is 18.8 Å². The molecule has 0 unspecified atom stereocenters. The molecule has 9 heteroatoms. The Hall–Kier alpha value is -3.04. The van der Waals surface area contributed by atoms with Gasteiger partial charge in [-0.05, 0) is 25.8 Å². The molecule has 1 fully saturated rings. The van der Waals surface area contributed by atoms with Crippen LogP contribution in [-0.2, 0) is 42.9 Å². The summed E-state index contributed by atoms with van der Waals surface area (Å²) in [5, 5.41) is 0. The van der Waals surface area contributed by atoms with Gasteiger partial charge in [-0.25, -0.2) is 14.4 Å². The molecular formula is C26H38O9. The normalized spacial score (nSPS) is 19.2. The zero-order chi connectivity index (χ0) is 27.2. The molecule has 1 aliphatic rings. The third-order valence-corrected chi connectivity index (χ3v) is 5.07. The number of Topliss-reactive ketones (excluding diaryl/α,β-unsaturated/α-hetero) is 1. The van der Waals surface area contributed by atoms with E-state index in [9.17, 15) is 19.2 Å². The van der Waals surface area contributed by atoms with Gasteiger partial charge in [0, 0.05) is 23.1 Å². The summed E-state index contributed by atoms with van der Waals surface area (Å²) in [6.45, 7) is 23.3. The van der Waals surface area contributed by atoms with Gasteiger partial charge in [0.05, 0.1) is 18.6 Å². The van der Waals surface area contributed by atoms with Gasteiger partial charge in [0.2, 0.25) is 0 Å². The fourth-order valence-corrected chi connectivity index (χ4v) is 2.48. The molecule has 0 aromatic carbocycles. The molecule has 9 nitrogen and oxygen atoms in total. The molecule has 0 radical (unpaired) electrons. The van der Waals surface area contributed by atoms with Gasteiger partial charge in [-0.15, -0.1) is 0 Å². The topological polar surface area (TPSA) is 114 Å². The summed E-state index contributed by atoms with van der Waals surface area (Å²) in [6.07, 6.45) is 2.49. The third-order valence-electron chi connectivity index (χ3n) is 5.07. The second kappa shape index (κ2) is 15.1. The van der Waals surface area contributed by atoms with E-state index < -0.39 is 29.6 Å². The van der Waals surface area contributed by atoms with E-state index in [2.05, 4.69) is 31.1 Å². The molecule has 1 rings (SSSR count). The molecule has 0 aromatic rings. The number of carbonyl (C=O) groups excluding carboxylic acids is 4. The van der Waals surface area contributed by atoms with Gasteiger partial charge in [-0.2, -0.15) is 0 Å². The maximum atomic E-state index is 11.2. The van der Waals surface area contributed by atoms with Crippen molar-refractivity contribution in [2.75, 3.05) is 33.0 Å². The van der Waals surface area contributed by atoms with E-state index >= 15 is 0 Å². The van der Waals surface area contributed by atoms with Gasteiger partial charge in [0.25, 0.3) is 0 Å². The van der Waals surface area contributed by atoms with E-state index in [1.54, 1.807) is 6.92 Å². The Labute approximate surface area is 207 Å². The van der Waals surface area contributed by atoms with E-state index in [4.69, 9.17) is 18.9 Å². The molecule has 0 aliphatic carbocycles. The Bertz CT molecular complexity index is 789. The van der Waals surface area contributed by atoms with Crippen LogP contribution in [-0.4, -0.2) is 63.0 Å². The molecule has 1 aliphatic heterocycles. The summed E-state index contributed by atoms with van der Waals surface area (Å²) < 4.78 is 26.5. The summed E-state index contributed by atoms with van der Waals surface area (Å²) in [6, 6.07) is 0. The molecule has 0 aromatic heterocycles. The minimum Gasteiger partial charge on any atom is -0.462 e. The van der Waals surface area contributed by atoms with Crippen LogP contribution in [0.1, 0.15) is 41.0 Å². The first-order chi connectivity index (χ1) is 16.2. The van der Waals surface area contributed by atoms with Gasteiger partial charge in [-0.3, -0.25) is 4.79 Å². The standard InChI is InChI=1S/C17H26O6.C9H12O3/c1-6-13(18)20-9-16(4,5)15-22-11-17(8-3,12-23-15)10-21-14(19)7-2;1-6(2)8(10)5-12-9(11)7(3)4/h6-7,15H,1-2,8-12H2,3-5H3;1,3,5H2,2,4H3. The highest BCUT2D eigenvalue weighted by Crippen LogP contribution is 2.35. The van der Waals surface area contributed by atoms with Crippen LogP contribution in [0.2, 0.25) is 0 Å². The van der Waals surface area contributed by atoms with Crippen molar-refractivity contribution in [2.24, 2.45) is 10.8 Å². The van der Waals surface area contributed by atoms with Crippen molar-refractivity contribution in [3.05, 3.63) is 49.6 Å². The minimum atomic E-state index is -0.551. The number of hydrogen-bond acceptors (Lipinski definition) is 9. The zero-order valence-corrected chi connectivity index (χ0v) is 21.5. The van der Waals surface area contributed by atoms with Crippen LogP contribution < -0.4 is 0 Å². The Balaban J connectivity index is 0.000000814. The average Bonchev–Trinajstić information content (AvgIpc) is 2.84. The highest BCUT2D eigenvalue weighted by molar-refractivity contribution is 5.97. The lowest BCUT2D eigenvalue weighted by molar-refractivity contribution is -0.280. The number of esters is 3. The number of hydrogen-bond donors (Lipinski definition) is 0. The summed E-state index contributed by atoms with van der Waals surface area (Å²) in [4.78, 5) is 44.1. The second-order valence-corrected chi connectivity index (χ2v) is 8.98. The number of ether oxygens (including phenoxy) is 5. The molecule has 35 heavy (non-hydrogen) atoms. The number of rotatable bonds is 12. The number of ketones is 1. The molecule has 196 valence electrons.